The van der Waals surface area contributed by atoms with E-state index < -0.39 is 5.60 Å². The van der Waals surface area contributed by atoms with E-state index in [9.17, 15) is 9.90 Å². The molecule has 0 unspecified atom stereocenters. The van der Waals surface area contributed by atoms with Gasteiger partial charge in [0, 0.05) is 31.6 Å². The first-order chi connectivity index (χ1) is 14.0. The van der Waals surface area contributed by atoms with Crippen LogP contribution in [-0.4, -0.2) is 43.4 Å². The Balaban J connectivity index is 1.79. The van der Waals surface area contributed by atoms with E-state index in [-0.39, 0.29) is 12.5 Å². The zero-order valence-corrected chi connectivity index (χ0v) is 17.6. The highest BCUT2D eigenvalue weighted by Gasteiger charge is 2.29. The lowest BCUT2D eigenvalue weighted by molar-refractivity contribution is 0.00526. The van der Waals surface area contributed by atoms with Crippen molar-refractivity contribution in [3.05, 3.63) is 59.1 Å². The van der Waals surface area contributed by atoms with Crippen LogP contribution in [-0.2, 0) is 4.74 Å². The third-order valence-electron chi connectivity index (χ3n) is 5.46. The molecule has 156 valence electrons. The molecule has 2 N–H and O–H groups in total. The minimum atomic E-state index is -0.813. The summed E-state index contributed by atoms with van der Waals surface area (Å²) in [7, 11) is 1.67. The Bertz CT molecular complexity index is 807. The number of aliphatic hydroxyl groups is 1. The molecule has 2 aromatic rings. The summed E-state index contributed by atoms with van der Waals surface area (Å²) in [5.41, 5.74) is 1.46. The molecule has 29 heavy (non-hydrogen) atoms. The van der Waals surface area contributed by atoms with Crippen LogP contribution in [0.15, 0.2) is 48.5 Å². The van der Waals surface area contributed by atoms with Crippen molar-refractivity contribution in [3.63, 3.8) is 0 Å². The molecule has 1 aliphatic rings. The number of benzene rings is 2. The average molecular weight is 417 g/mol. The number of nitrogens with zero attached hydrogens (tertiary/aromatic N) is 1. The van der Waals surface area contributed by atoms with Crippen LogP contribution in [0, 0.1) is 0 Å². The van der Waals surface area contributed by atoms with E-state index >= 15 is 0 Å². The largest absolute Gasteiger partial charge is 0.388 e. The zero-order chi connectivity index (χ0) is 20.7. The molecule has 3 rings (SSSR count). The molecule has 1 amide bonds. The quantitative estimate of drug-likeness (QED) is 0.662. The summed E-state index contributed by atoms with van der Waals surface area (Å²) < 4.78 is 5.26. The number of carbonyl (C=O) groups is 1. The molecule has 0 saturated heterocycles. The fourth-order valence-electron chi connectivity index (χ4n) is 3.78. The van der Waals surface area contributed by atoms with Gasteiger partial charge < -0.3 is 20.1 Å². The van der Waals surface area contributed by atoms with E-state index in [0.29, 0.717) is 23.7 Å². The van der Waals surface area contributed by atoms with Crippen molar-refractivity contribution in [1.82, 2.24) is 5.32 Å². The van der Waals surface area contributed by atoms with E-state index in [2.05, 4.69) is 10.2 Å². The van der Waals surface area contributed by atoms with Gasteiger partial charge in [-0.05, 0) is 43.2 Å². The lowest BCUT2D eigenvalue weighted by Crippen LogP contribution is -2.44. The minimum absolute atomic E-state index is 0.248. The number of carbonyl (C=O) groups excluding carboxylic acids is 1. The van der Waals surface area contributed by atoms with Gasteiger partial charge in [0.15, 0.2) is 0 Å². The Hall–Kier alpha value is -2.08. The molecule has 0 heterocycles. The number of anilines is 2. The van der Waals surface area contributed by atoms with Gasteiger partial charge in [-0.3, -0.25) is 4.79 Å². The normalized spacial score (nSPS) is 15.7. The Morgan fingerprint density at radius 1 is 1.14 bits per heavy atom. The van der Waals surface area contributed by atoms with Gasteiger partial charge in [0.25, 0.3) is 5.91 Å². The molecule has 0 atom stereocenters. The number of rotatable bonds is 8. The third kappa shape index (κ3) is 5.72. The van der Waals surface area contributed by atoms with E-state index in [1.54, 1.807) is 19.2 Å². The van der Waals surface area contributed by atoms with Gasteiger partial charge in [0.2, 0.25) is 0 Å². The third-order valence-corrected chi connectivity index (χ3v) is 5.78. The first-order valence-electron chi connectivity index (χ1n) is 10.1. The highest BCUT2D eigenvalue weighted by Crippen LogP contribution is 2.30. The standard InChI is InChI=1S/C23H29ClN2O3/c1-29-15-14-26(18-8-4-2-5-9-18)19-10-11-21(24)20(16-19)22(27)25-17-23(28)12-6-3-7-13-23/h2,4-5,8-11,16,28H,3,6-7,12-15,17H2,1H3,(H,25,27). The van der Waals surface area contributed by atoms with Crippen molar-refractivity contribution >= 4 is 28.9 Å². The van der Waals surface area contributed by atoms with Crippen LogP contribution in [0.25, 0.3) is 0 Å². The van der Waals surface area contributed by atoms with Crippen molar-refractivity contribution in [2.45, 2.75) is 37.7 Å². The Morgan fingerprint density at radius 3 is 2.55 bits per heavy atom. The van der Waals surface area contributed by atoms with Gasteiger partial charge >= 0.3 is 0 Å². The van der Waals surface area contributed by atoms with Crippen LogP contribution < -0.4 is 10.2 Å². The summed E-state index contributed by atoms with van der Waals surface area (Å²) >= 11 is 6.34. The summed E-state index contributed by atoms with van der Waals surface area (Å²) in [6.45, 7) is 1.44. The molecular formula is C23H29ClN2O3. The van der Waals surface area contributed by atoms with Gasteiger partial charge in [0.05, 0.1) is 22.8 Å². The monoisotopic (exact) mass is 416 g/mol. The predicted molar refractivity (Wildman–Crippen MR) is 117 cm³/mol. The summed E-state index contributed by atoms with van der Waals surface area (Å²) in [4.78, 5) is 14.9. The van der Waals surface area contributed by atoms with Crippen LogP contribution in [0.3, 0.4) is 0 Å². The van der Waals surface area contributed by atoms with Crippen LogP contribution in [0.2, 0.25) is 5.02 Å². The first-order valence-corrected chi connectivity index (χ1v) is 10.5. The second-order valence-corrected chi connectivity index (χ2v) is 8.02. The fourth-order valence-corrected chi connectivity index (χ4v) is 3.98. The van der Waals surface area contributed by atoms with Crippen molar-refractivity contribution < 1.29 is 14.6 Å². The number of halogens is 1. The molecule has 0 spiro atoms. The van der Waals surface area contributed by atoms with Gasteiger partial charge in [0.1, 0.15) is 0 Å². The summed E-state index contributed by atoms with van der Waals surface area (Å²) in [6, 6.07) is 15.4. The van der Waals surface area contributed by atoms with E-state index in [1.165, 1.54) is 0 Å². The summed E-state index contributed by atoms with van der Waals surface area (Å²) in [6.07, 6.45) is 4.57. The molecule has 6 heteroatoms. The van der Waals surface area contributed by atoms with Crippen molar-refractivity contribution in [2.24, 2.45) is 0 Å². The van der Waals surface area contributed by atoms with Crippen LogP contribution in [0.1, 0.15) is 42.5 Å². The number of amides is 1. The molecule has 0 aromatic heterocycles. The molecule has 0 radical (unpaired) electrons. The number of para-hydroxylation sites is 1. The highest BCUT2D eigenvalue weighted by molar-refractivity contribution is 6.34. The number of ether oxygens (including phenoxy) is 1. The van der Waals surface area contributed by atoms with Crippen molar-refractivity contribution in [2.75, 3.05) is 31.7 Å². The number of hydrogen-bond donors (Lipinski definition) is 2. The molecule has 5 nitrogen and oxygen atoms in total. The number of hydrogen-bond acceptors (Lipinski definition) is 4. The Morgan fingerprint density at radius 2 is 1.86 bits per heavy atom. The van der Waals surface area contributed by atoms with E-state index in [1.807, 2.05) is 36.4 Å². The first kappa shape index (κ1) is 21.6. The highest BCUT2D eigenvalue weighted by atomic mass is 35.5. The van der Waals surface area contributed by atoms with E-state index in [0.717, 1.165) is 43.5 Å². The Kier molecular flexibility index (Phi) is 7.53. The minimum Gasteiger partial charge on any atom is -0.388 e. The van der Waals surface area contributed by atoms with Crippen molar-refractivity contribution in [3.8, 4) is 0 Å². The van der Waals surface area contributed by atoms with Gasteiger partial charge in [-0.2, -0.15) is 0 Å². The Labute approximate surface area is 177 Å². The second kappa shape index (κ2) is 10.1. The number of nitrogens with one attached hydrogen (secondary N) is 1. The molecule has 1 saturated carbocycles. The molecule has 2 aromatic carbocycles. The fraction of sp³-hybridized carbons (Fsp3) is 0.435. The van der Waals surface area contributed by atoms with E-state index in [4.69, 9.17) is 16.3 Å². The maximum atomic E-state index is 12.8. The molecule has 0 aliphatic heterocycles. The maximum Gasteiger partial charge on any atom is 0.252 e. The van der Waals surface area contributed by atoms with Gasteiger partial charge in [-0.1, -0.05) is 49.1 Å². The van der Waals surface area contributed by atoms with Gasteiger partial charge in [-0.15, -0.1) is 0 Å². The van der Waals surface area contributed by atoms with Crippen LogP contribution in [0.4, 0.5) is 11.4 Å². The summed E-state index contributed by atoms with van der Waals surface area (Å²) in [5, 5.41) is 13.9. The lowest BCUT2D eigenvalue weighted by atomic mass is 9.85. The smallest absolute Gasteiger partial charge is 0.252 e. The maximum absolute atomic E-state index is 12.8. The SMILES string of the molecule is COCCN(c1ccccc1)c1ccc(Cl)c(C(=O)NCC2(O)CCCCC2)c1. The van der Waals surface area contributed by atoms with Crippen molar-refractivity contribution in [1.29, 1.82) is 0 Å². The van der Waals surface area contributed by atoms with Crippen LogP contribution in [0.5, 0.6) is 0 Å². The zero-order valence-electron chi connectivity index (χ0n) is 16.9. The van der Waals surface area contributed by atoms with Gasteiger partial charge in [-0.25, -0.2) is 0 Å². The summed E-state index contributed by atoms with van der Waals surface area (Å²) in [5.74, 6) is -0.268. The molecular weight excluding hydrogens is 388 g/mol. The van der Waals surface area contributed by atoms with Crippen LogP contribution >= 0.6 is 11.6 Å². The molecule has 1 aliphatic carbocycles. The second-order valence-electron chi connectivity index (χ2n) is 7.61. The predicted octanol–water partition coefficient (Wildman–Crippen LogP) is 4.55. The topological polar surface area (TPSA) is 61.8 Å². The number of methoxy groups -OCH3 is 1. The molecule has 0 bridgehead atoms. The average Bonchev–Trinajstić information content (AvgIpc) is 2.74. The molecule has 1 fully saturated rings. The lowest BCUT2D eigenvalue weighted by Gasteiger charge is -2.32.